The summed E-state index contributed by atoms with van der Waals surface area (Å²) in [6, 6.07) is 6.25. The monoisotopic (exact) mass is 550 g/mol. The van der Waals surface area contributed by atoms with Gasteiger partial charge in [0.2, 0.25) is 0 Å². The van der Waals surface area contributed by atoms with Crippen molar-refractivity contribution in [3.8, 4) is 16.9 Å². The molecule has 7 nitrogen and oxygen atoms in total. The molecule has 4 heterocycles. The summed E-state index contributed by atoms with van der Waals surface area (Å²) in [4.78, 5) is 10.7. The van der Waals surface area contributed by atoms with Crippen LogP contribution in [-0.2, 0) is 0 Å². The summed E-state index contributed by atoms with van der Waals surface area (Å²) in [7, 11) is 1.58. The maximum atomic E-state index is 14.4. The Balaban J connectivity index is 1.26. The number of fused-ring (bicyclic) bond motifs is 1. The van der Waals surface area contributed by atoms with E-state index < -0.39 is 5.82 Å². The molecular weight excluding hydrogens is 515 g/mol. The topological polar surface area (TPSA) is 71.0 Å². The molecule has 1 aliphatic heterocycles. The van der Waals surface area contributed by atoms with Crippen LogP contribution in [0.2, 0.25) is 5.02 Å². The maximum absolute atomic E-state index is 14.4. The van der Waals surface area contributed by atoms with Crippen LogP contribution in [0.25, 0.3) is 22.2 Å². The minimum atomic E-state index is -0.456. The number of piperazine rings is 1. The second-order valence-corrected chi connectivity index (χ2v) is 11.3. The number of aromatic amines is 1. The Hall–Kier alpha value is -2.94. The van der Waals surface area contributed by atoms with Gasteiger partial charge in [-0.1, -0.05) is 18.5 Å². The molecule has 0 unspecified atom stereocenters. The van der Waals surface area contributed by atoms with Crippen LogP contribution in [0.1, 0.15) is 61.4 Å². The van der Waals surface area contributed by atoms with Gasteiger partial charge < -0.3 is 15.0 Å². The molecule has 0 amide bonds. The van der Waals surface area contributed by atoms with Gasteiger partial charge >= 0.3 is 0 Å². The van der Waals surface area contributed by atoms with Gasteiger partial charge in [0.25, 0.3) is 0 Å². The first-order chi connectivity index (χ1) is 19.0. The van der Waals surface area contributed by atoms with E-state index in [9.17, 15) is 4.39 Å². The molecule has 206 valence electrons. The molecule has 4 aromatic rings. The molecule has 39 heavy (non-hydrogen) atoms. The molecule has 3 aromatic heterocycles. The van der Waals surface area contributed by atoms with Gasteiger partial charge in [-0.3, -0.25) is 9.58 Å². The number of hydrogen-bond acceptors (Lipinski definition) is 5. The first-order valence-electron chi connectivity index (χ1n) is 13.9. The van der Waals surface area contributed by atoms with E-state index in [4.69, 9.17) is 26.4 Å². The number of ether oxygens (including phenoxy) is 1. The molecule has 2 aliphatic rings. The fraction of sp³-hybridized carbons (Fsp3) is 0.467. The molecule has 0 bridgehead atoms. The SMILES string of the molecule is COc1ccc(F)c(Cl)c1[C@@H](C)c1c[nH]c2ncc(-c3cnn([C@H]4CC[C@@H](N5CCNCC5)CC4)c3C)cc12. The molecule has 0 radical (unpaired) electrons. The minimum absolute atomic E-state index is 0.0871. The number of pyridine rings is 1. The predicted molar refractivity (Wildman–Crippen MR) is 153 cm³/mol. The number of hydrogen-bond donors (Lipinski definition) is 2. The van der Waals surface area contributed by atoms with Crippen LogP contribution >= 0.6 is 11.6 Å². The van der Waals surface area contributed by atoms with Crippen molar-refractivity contribution in [1.82, 2.24) is 30.0 Å². The van der Waals surface area contributed by atoms with E-state index in [1.165, 1.54) is 24.6 Å². The van der Waals surface area contributed by atoms with Crippen LogP contribution in [0.5, 0.6) is 5.75 Å². The molecule has 1 saturated carbocycles. The van der Waals surface area contributed by atoms with E-state index in [2.05, 4.69) is 32.9 Å². The molecule has 9 heteroatoms. The number of methoxy groups -OCH3 is 1. The number of nitrogens with zero attached hydrogens (tertiary/aromatic N) is 4. The highest BCUT2D eigenvalue weighted by Crippen LogP contribution is 2.41. The highest BCUT2D eigenvalue weighted by Gasteiger charge is 2.29. The Bertz CT molecular complexity index is 1470. The van der Waals surface area contributed by atoms with Crippen molar-refractivity contribution in [1.29, 1.82) is 0 Å². The Kier molecular flexibility index (Phi) is 7.35. The molecule has 2 N–H and O–H groups in total. The minimum Gasteiger partial charge on any atom is -0.496 e. The summed E-state index contributed by atoms with van der Waals surface area (Å²) < 4.78 is 22.1. The van der Waals surface area contributed by atoms with Gasteiger partial charge in [0.05, 0.1) is 24.4 Å². The Morgan fingerprint density at radius 2 is 1.85 bits per heavy atom. The lowest BCUT2D eigenvalue weighted by molar-refractivity contribution is 0.120. The summed E-state index contributed by atoms with van der Waals surface area (Å²) in [6.07, 6.45) is 10.6. The van der Waals surface area contributed by atoms with Gasteiger partial charge in [-0.15, -0.1) is 0 Å². The standard InChI is InChI=1S/C30H36ClFN6O/c1-18(28-27(39-3)9-8-26(32)29(28)31)24-16-35-30-23(24)14-20(15-34-30)25-17-36-38(19(25)2)22-6-4-21(5-7-22)37-12-10-33-11-13-37/h8-9,14-18,21-22,33H,4-7,10-13H2,1-3H3,(H,34,35)/t18-,21-,22+/m0/s1. The van der Waals surface area contributed by atoms with Gasteiger partial charge in [0, 0.05) is 78.3 Å². The van der Waals surface area contributed by atoms with Crippen molar-refractivity contribution in [2.24, 2.45) is 0 Å². The van der Waals surface area contributed by atoms with E-state index in [0.717, 1.165) is 66.7 Å². The molecule has 0 spiro atoms. The van der Waals surface area contributed by atoms with Crippen molar-refractivity contribution >= 4 is 22.6 Å². The van der Waals surface area contributed by atoms with Gasteiger partial charge in [0.15, 0.2) is 0 Å². The van der Waals surface area contributed by atoms with E-state index >= 15 is 0 Å². The maximum Gasteiger partial charge on any atom is 0.142 e. The second-order valence-electron chi connectivity index (χ2n) is 10.9. The van der Waals surface area contributed by atoms with Crippen molar-refractivity contribution in [3.63, 3.8) is 0 Å². The number of halogens is 2. The highest BCUT2D eigenvalue weighted by molar-refractivity contribution is 6.31. The average molecular weight is 551 g/mol. The average Bonchev–Trinajstić information content (AvgIpc) is 3.57. The van der Waals surface area contributed by atoms with Crippen LogP contribution in [0.15, 0.2) is 36.8 Å². The van der Waals surface area contributed by atoms with Crippen LogP contribution in [0.3, 0.4) is 0 Å². The highest BCUT2D eigenvalue weighted by atomic mass is 35.5. The van der Waals surface area contributed by atoms with Crippen LogP contribution in [0, 0.1) is 12.7 Å². The molecule has 1 atom stereocenters. The van der Waals surface area contributed by atoms with Crippen LogP contribution in [-0.4, -0.2) is 64.0 Å². The summed E-state index contributed by atoms with van der Waals surface area (Å²) >= 11 is 6.42. The predicted octanol–water partition coefficient (Wildman–Crippen LogP) is 6.08. The third-order valence-corrected chi connectivity index (χ3v) is 9.20. The first kappa shape index (κ1) is 26.3. The normalized spacial score (nSPS) is 21.4. The van der Waals surface area contributed by atoms with Crippen molar-refractivity contribution in [2.75, 3.05) is 33.3 Å². The third kappa shape index (κ3) is 4.83. The molecule has 2 fully saturated rings. The van der Waals surface area contributed by atoms with Gasteiger partial charge in [-0.25, -0.2) is 9.37 Å². The van der Waals surface area contributed by atoms with Gasteiger partial charge in [-0.2, -0.15) is 5.10 Å². The Morgan fingerprint density at radius 3 is 2.59 bits per heavy atom. The number of benzene rings is 1. The molecule has 1 saturated heterocycles. The fourth-order valence-electron chi connectivity index (χ4n) is 6.60. The lowest BCUT2D eigenvalue weighted by Crippen LogP contribution is -2.49. The number of rotatable bonds is 6. The Morgan fingerprint density at radius 1 is 1.10 bits per heavy atom. The summed E-state index contributed by atoms with van der Waals surface area (Å²) in [5.41, 5.74) is 5.68. The van der Waals surface area contributed by atoms with E-state index in [1.807, 2.05) is 25.5 Å². The van der Waals surface area contributed by atoms with Crippen molar-refractivity contribution in [3.05, 3.63) is 64.5 Å². The van der Waals surface area contributed by atoms with E-state index in [1.54, 1.807) is 13.2 Å². The van der Waals surface area contributed by atoms with Crippen LogP contribution in [0.4, 0.5) is 4.39 Å². The smallest absolute Gasteiger partial charge is 0.142 e. The zero-order chi connectivity index (χ0) is 27.1. The Labute approximate surface area is 233 Å². The number of H-pyrrole nitrogens is 1. The molecule has 6 rings (SSSR count). The molecule has 1 aliphatic carbocycles. The fourth-order valence-corrected chi connectivity index (χ4v) is 6.92. The number of aromatic nitrogens is 4. The molecular formula is C30H36ClFN6O. The largest absolute Gasteiger partial charge is 0.496 e. The third-order valence-electron chi connectivity index (χ3n) is 8.81. The van der Waals surface area contributed by atoms with Crippen molar-refractivity contribution < 1.29 is 9.13 Å². The lowest BCUT2D eigenvalue weighted by atomic mass is 9.89. The number of nitrogens with one attached hydrogen (secondary N) is 2. The second kappa shape index (κ2) is 10.9. The summed E-state index contributed by atoms with van der Waals surface area (Å²) in [5, 5.41) is 9.38. The lowest BCUT2D eigenvalue weighted by Gasteiger charge is -2.39. The molecule has 1 aromatic carbocycles. The van der Waals surface area contributed by atoms with E-state index in [0.29, 0.717) is 23.4 Å². The van der Waals surface area contributed by atoms with Crippen LogP contribution < -0.4 is 10.1 Å². The van der Waals surface area contributed by atoms with E-state index in [-0.39, 0.29) is 10.9 Å². The zero-order valence-electron chi connectivity index (χ0n) is 22.8. The first-order valence-corrected chi connectivity index (χ1v) is 14.3. The van der Waals surface area contributed by atoms with Crippen molar-refractivity contribution in [2.45, 2.75) is 57.5 Å². The quantitative estimate of drug-likeness (QED) is 0.304. The zero-order valence-corrected chi connectivity index (χ0v) is 23.6. The summed E-state index contributed by atoms with van der Waals surface area (Å²) in [5.74, 6) is -0.0946. The van der Waals surface area contributed by atoms with Gasteiger partial charge in [-0.05, 0) is 56.4 Å². The van der Waals surface area contributed by atoms with Gasteiger partial charge in [0.1, 0.15) is 17.2 Å². The summed E-state index contributed by atoms with van der Waals surface area (Å²) in [6.45, 7) is 8.70.